The summed E-state index contributed by atoms with van der Waals surface area (Å²) in [7, 11) is 2.22. The Kier molecular flexibility index (Phi) is 3.92. The summed E-state index contributed by atoms with van der Waals surface area (Å²) in [5.74, 6) is 0.911. The summed E-state index contributed by atoms with van der Waals surface area (Å²) in [6.45, 7) is 2.19. The predicted octanol–water partition coefficient (Wildman–Crippen LogP) is 2.43. The standard InChI is InChI=1S/C16H26N2O/c1-17-10-4-8-14(17)15-9-5-11-18(15)16(19)12-13-6-2-3-7-13/h2,6,13-15H,3-5,7-12H2,1H3/t13-,14-,15-/m1/s1. The van der Waals surface area contributed by atoms with E-state index >= 15 is 0 Å². The van der Waals surface area contributed by atoms with Crippen molar-refractivity contribution >= 4 is 5.91 Å². The molecule has 0 aromatic rings. The van der Waals surface area contributed by atoms with Crippen LogP contribution in [0.25, 0.3) is 0 Å². The fourth-order valence-corrected chi connectivity index (χ4v) is 4.13. The first-order valence-corrected chi connectivity index (χ1v) is 7.92. The predicted molar refractivity (Wildman–Crippen MR) is 76.9 cm³/mol. The number of carbonyl (C=O) groups excluding carboxylic acids is 1. The van der Waals surface area contributed by atoms with Crippen molar-refractivity contribution in [2.45, 2.75) is 57.0 Å². The molecule has 0 spiro atoms. The highest BCUT2D eigenvalue weighted by atomic mass is 16.2. The molecule has 3 aliphatic rings. The van der Waals surface area contributed by atoms with E-state index in [-0.39, 0.29) is 0 Å². The normalized spacial score (nSPS) is 35.4. The second kappa shape index (κ2) is 5.66. The van der Waals surface area contributed by atoms with Gasteiger partial charge in [-0.2, -0.15) is 0 Å². The van der Waals surface area contributed by atoms with E-state index < -0.39 is 0 Å². The first-order valence-electron chi connectivity index (χ1n) is 7.92. The van der Waals surface area contributed by atoms with E-state index in [2.05, 4.69) is 29.0 Å². The van der Waals surface area contributed by atoms with Crippen molar-refractivity contribution in [1.82, 2.24) is 9.80 Å². The van der Waals surface area contributed by atoms with Crippen LogP contribution < -0.4 is 0 Å². The fraction of sp³-hybridized carbons (Fsp3) is 0.812. The van der Waals surface area contributed by atoms with Crippen molar-refractivity contribution in [3.63, 3.8) is 0 Å². The average Bonchev–Trinajstić information content (AvgIpc) is 3.07. The molecule has 1 amide bonds. The monoisotopic (exact) mass is 262 g/mol. The van der Waals surface area contributed by atoms with Gasteiger partial charge in [0.15, 0.2) is 0 Å². The maximum absolute atomic E-state index is 12.5. The molecule has 2 saturated heterocycles. The molecule has 0 radical (unpaired) electrons. The molecule has 2 fully saturated rings. The quantitative estimate of drug-likeness (QED) is 0.729. The van der Waals surface area contributed by atoms with Gasteiger partial charge in [-0.15, -0.1) is 0 Å². The molecule has 2 heterocycles. The summed E-state index contributed by atoms with van der Waals surface area (Å²) in [6, 6.07) is 1.11. The summed E-state index contributed by atoms with van der Waals surface area (Å²) in [5.41, 5.74) is 0. The number of likely N-dealkylation sites (tertiary alicyclic amines) is 2. The van der Waals surface area contributed by atoms with Crippen molar-refractivity contribution in [3.8, 4) is 0 Å². The summed E-state index contributed by atoms with van der Waals surface area (Å²) in [6.07, 6.45) is 12.5. The number of rotatable bonds is 3. The largest absolute Gasteiger partial charge is 0.338 e. The second-order valence-corrected chi connectivity index (χ2v) is 6.46. The Morgan fingerprint density at radius 1 is 1.16 bits per heavy atom. The fourth-order valence-electron chi connectivity index (χ4n) is 4.13. The van der Waals surface area contributed by atoms with Gasteiger partial charge in [0, 0.05) is 25.0 Å². The lowest BCUT2D eigenvalue weighted by molar-refractivity contribution is -0.133. The van der Waals surface area contributed by atoms with Crippen LogP contribution in [0.15, 0.2) is 12.2 Å². The third-order valence-electron chi connectivity index (χ3n) is 5.19. The number of carbonyl (C=O) groups is 1. The van der Waals surface area contributed by atoms with Crippen molar-refractivity contribution in [2.24, 2.45) is 5.92 Å². The van der Waals surface area contributed by atoms with Crippen LogP contribution in [0.2, 0.25) is 0 Å². The van der Waals surface area contributed by atoms with Crippen molar-refractivity contribution in [1.29, 1.82) is 0 Å². The summed E-state index contributed by atoms with van der Waals surface area (Å²) in [5, 5.41) is 0. The van der Waals surface area contributed by atoms with Crippen LogP contribution in [0.1, 0.15) is 44.9 Å². The summed E-state index contributed by atoms with van der Waals surface area (Å²) < 4.78 is 0. The molecule has 0 aromatic carbocycles. The first kappa shape index (κ1) is 13.2. The van der Waals surface area contributed by atoms with Crippen LogP contribution in [0.3, 0.4) is 0 Å². The molecule has 0 saturated carbocycles. The zero-order chi connectivity index (χ0) is 13.2. The molecule has 0 unspecified atom stereocenters. The van der Waals surface area contributed by atoms with E-state index in [1.165, 1.54) is 38.6 Å². The molecule has 106 valence electrons. The number of hydrogen-bond donors (Lipinski definition) is 0. The molecule has 2 aliphatic heterocycles. The van der Waals surface area contributed by atoms with Gasteiger partial charge in [0.25, 0.3) is 0 Å². The number of nitrogens with zero attached hydrogens (tertiary/aromatic N) is 2. The van der Waals surface area contributed by atoms with Gasteiger partial charge in [-0.05, 0) is 58.0 Å². The zero-order valence-electron chi connectivity index (χ0n) is 12.1. The van der Waals surface area contributed by atoms with Gasteiger partial charge in [0.05, 0.1) is 0 Å². The van der Waals surface area contributed by atoms with Crippen LogP contribution in [0.5, 0.6) is 0 Å². The van der Waals surface area contributed by atoms with Gasteiger partial charge in [-0.3, -0.25) is 4.79 Å². The Morgan fingerprint density at radius 2 is 1.95 bits per heavy atom. The molecule has 3 rings (SSSR count). The molecule has 1 aliphatic carbocycles. The van der Waals surface area contributed by atoms with Crippen molar-refractivity contribution in [2.75, 3.05) is 20.1 Å². The van der Waals surface area contributed by atoms with E-state index in [0.717, 1.165) is 19.4 Å². The van der Waals surface area contributed by atoms with E-state index in [9.17, 15) is 4.79 Å². The van der Waals surface area contributed by atoms with Crippen molar-refractivity contribution in [3.05, 3.63) is 12.2 Å². The number of amides is 1. The van der Waals surface area contributed by atoms with Crippen molar-refractivity contribution < 1.29 is 4.79 Å². The Bertz CT molecular complexity index is 366. The van der Waals surface area contributed by atoms with Gasteiger partial charge in [-0.1, -0.05) is 12.2 Å². The summed E-state index contributed by atoms with van der Waals surface area (Å²) in [4.78, 5) is 17.2. The van der Waals surface area contributed by atoms with Crippen LogP contribution in [0, 0.1) is 5.92 Å². The van der Waals surface area contributed by atoms with Crippen LogP contribution in [-0.2, 0) is 4.79 Å². The van der Waals surface area contributed by atoms with Gasteiger partial charge >= 0.3 is 0 Å². The van der Waals surface area contributed by atoms with E-state index in [4.69, 9.17) is 0 Å². The van der Waals surface area contributed by atoms with Gasteiger partial charge in [0.2, 0.25) is 5.91 Å². The molecule has 0 bridgehead atoms. The third kappa shape index (κ3) is 2.71. The van der Waals surface area contributed by atoms with Gasteiger partial charge in [-0.25, -0.2) is 0 Å². The highest BCUT2D eigenvalue weighted by molar-refractivity contribution is 5.77. The minimum Gasteiger partial charge on any atom is -0.338 e. The van der Waals surface area contributed by atoms with E-state index in [0.29, 0.717) is 23.9 Å². The highest BCUT2D eigenvalue weighted by Gasteiger charge is 2.38. The number of likely N-dealkylation sites (N-methyl/N-ethyl adjacent to an activating group) is 1. The molecule has 3 heteroatoms. The zero-order valence-corrected chi connectivity index (χ0v) is 12.1. The third-order valence-corrected chi connectivity index (χ3v) is 5.19. The lowest BCUT2D eigenvalue weighted by Crippen LogP contribution is -2.47. The van der Waals surface area contributed by atoms with E-state index in [1.54, 1.807) is 0 Å². The maximum Gasteiger partial charge on any atom is 0.223 e. The minimum atomic E-state index is 0.402. The average molecular weight is 262 g/mol. The Labute approximate surface area is 116 Å². The van der Waals surface area contributed by atoms with Crippen LogP contribution in [-0.4, -0.2) is 47.9 Å². The lowest BCUT2D eigenvalue weighted by atomic mass is 10.0. The number of allylic oxidation sites excluding steroid dienone is 2. The van der Waals surface area contributed by atoms with Gasteiger partial charge < -0.3 is 9.80 Å². The molecular weight excluding hydrogens is 236 g/mol. The molecular formula is C16H26N2O. The molecule has 0 aromatic heterocycles. The van der Waals surface area contributed by atoms with Gasteiger partial charge in [0.1, 0.15) is 0 Å². The SMILES string of the molecule is CN1CCC[C@@H]1[C@H]1CCCN1C(=O)C[C@@H]1C=CCC1. The highest BCUT2D eigenvalue weighted by Crippen LogP contribution is 2.31. The number of hydrogen-bond acceptors (Lipinski definition) is 2. The lowest BCUT2D eigenvalue weighted by Gasteiger charge is -2.33. The summed E-state index contributed by atoms with van der Waals surface area (Å²) >= 11 is 0. The van der Waals surface area contributed by atoms with E-state index in [1.807, 2.05) is 0 Å². The molecule has 3 atom stereocenters. The molecule has 0 N–H and O–H groups in total. The maximum atomic E-state index is 12.5. The second-order valence-electron chi connectivity index (χ2n) is 6.46. The van der Waals surface area contributed by atoms with Crippen LogP contribution in [0.4, 0.5) is 0 Å². The molecule has 3 nitrogen and oxygen atoms in total. The first-order chi connectivity index (χ1) is 9.25. The Balaban J connectivity index is 1.61. The smallest absolute Gasteiger partial charge is 0.223 e. The minimum absolute atomic E-state index is 0.402. The Hall–Kier alpha value is -0.830. The topological polar surface area (TPSA) is 23.6 Å². The van der Waals surface area contributed by atoms with Crippen LogP contribution >= 0.6 is 0 Å². The Morgan fingerprint density at radius 3 is 2.63 bits per heavy atom. The molecule has 19 heavy (non-hydrogen) atoms.